The van der Waals surface area contributed by atoms with E-state index in [2.05, 4.69) is 51.5 Å². The van der Waals surface area contributed by atoms with Gasteiger partial charge in [-0.2, -0.15) is 26.3 Å². The van der Waals surface area contributed by atoms with Gasteiger partial charge in [0.1, 0.15) is 12.7 Å². The number of nitrogens with zero attached hydrogens (tertiary/aromatic N) is 10. The van der Waals surface area contributed by atoms with Crippen LogP contribution in [0.25, 0.3) is 35.2 Å². The van der Waals surface area contributed by atoms with Crippen molar-refractivity contribution in [1.82, 2.24) is 54.8 Å². The number of aliphatic carboxylic acids is 1. The molecule has 0 aliphatic rings. The van der Waals surface area contributed by atoms with Crippen molar-refractivity contribution in [2.24, 2.45) is 5.73 Å². The zero-order chi connectivity index (χ0) is 43.3. The second-order valence-electron chi connectivity index (χ2n) is 12.5. The molecule has 0 aliphatic carbocycles. The molecule has 21 heteroatoms. The van der Waals surface area contributed by atoms with Crippen LogP contribution in [0.3, 0.4) is 0 Å². The molecule has 15 nitrogen and oxygen atoms in total. The maximum absolute atomic E-state index is 12.8. The van der Waals surface area contributed by atoms with Gasteiger partial charge >= 0.3 is 18.3 Å². The van der Waals surface area contributed by atoms with Crippen LogP contribution in [0.1, 0.15) is 59.6 Å². The topological polar surface area (TPSA) is 205 Å². The Morgan fingerprint density at radius 2 is 1.17 bits per heavy atom. The van der Waals surface area contributed by atoms with Gasteiger partial charge < -0.3 is 16.2 Å². The van der Waals surface area contributed by atoms with Crippen LogP contribution in [-0.4, -0.2) is 66.4 Å². The predicted molar refractivity (Wildman–Crippen MR) is 202 cm³/mol. The molecule has 0 aliphatic heterocycles. The van der Waals surface area contributed by atoms with Crippen LogP contribution in [0.4, 0.5) is 26.3 Å². The number of amides is 1. The number of hydrogen-bond acceptors (Lipinski definition) is 11. The molecular formula is C38H36F6N12O3. The van der Waals surface area contributed by atoms with Gasteiger partial charge in [-0.15, -0.1) is 10.2 Å². The van der Waals surface area contributed by atoms with Crippen molar-refractivity contribution >= 4 is 24.3 Å². The highest BCUT2D eigenvalue weighted by atomic mass is 19.4. The lowest BCUT2D eigenvalue weighted by Crippen LogP contribution is -2.25. The number of aromatic nitrogens is 10. The van der Waals surface area contributed by atoms with Crippen LogP contribution in [0.15, 0.2) is 98.4 Å². The van der Waals surface area contributed by atoms with Crippen molar-refractivity contribution in [3.8, 4) is 22.8 Å². The van der Waals surface area contributed by atoms with E-state index in [0.29, 0.717) is 29.7 Å². The second kappa shape index (κ2) is 19.8. The summed E-state index contributed by atoms with van der Waals surface area (Å²) in [6, 6.07) is 6.87. The lowest BCUT2D eigenvalue weighted by atomic mass is 10.0. The predicted octanol–water partition coefficient (Wildman–Crippen LogP) is 6.73. The third-order valence-electron chi connectivity index (χ3n) is 7.53. The molecule has 4 aromatic heterocycles. The number of carbonyl (C=O) groups excluding carboxylic acids is 1. The molecule has 4 heterocycles. The molecule has 6 aromatic rings. The Hall–Kier alpha value is -7.16. The molecule has 4 N–H and O–H groups in total. The molecule has 59 heavy (non-hydrogen) atoms. The number of carboxylic acid groups (broad SMARTS) is 1. The molecule has 1 amide bonds. The number of nitrogens with one attached hydrogen (secondary N) is 1. The zero-order valence-corrected chi connectivity index (χ0v) is 31.6. The van der Waals surface area contributed by atoms with E-state index in [1.54, 1.807) is 49.7 Å². The lowest BCUT2D eigenvalue weighted by molar-refractivity contribution is -0.143. The molecule has 308 valence electrons. The number of alkyl halides is 6. The molecule has 2 aromatic carbocycles. The van der Waals surface area contributed by atoms with Crippen LogP contribution in [0, 0.1) is 13.8 Å². The Kier molecular flexibility index (Phi) is 15.0. The molecule has 0 saturated heterocycles. The second-order valence-corrected chi connectivity index (χ2v) is 12.5. The highest BCUT2D eigenvalue weighted by Gasteiger charge is 2.37. The first-order valence-electron chi connectivity index (χ1n) is 17.2. The van der Waals surface area contributed by atoms with Gasteiger partial charge in [-0.3, -0.25) is 24.7 Å². The minimum atomic E-state index is -4.98. The Morgan fingerprint density at radius 3 is 1.59 bits per heavy atom. The summed E-state index contributed by atoms with van der Waals surface area (Å²) in [5.41, 5.74) is 6.82. The van der Waals surface area contributed by atoms with Crippen molar-refractivity contribution in [2.75, 3.05) is 0 Å². The minimum Gasteiger partial charge on any atom is -0.478 e. The molecular weight excluding hydrogens is 786 g/mol. The zero-order valence-electron chi connectivity index (χ0n) is 31.6. The number of nitrogens with two attached hydrogens (primary N) is 1. The SMILES string of the molecule is CC(N)c1cnccn1.Cc1cc(C)cc(-c2ncn(/C=C\C(=O)NC(C)c3cnccn3)n2)c1.O=C(O)/C=C\n1cnc(-c2cc(C(F)(F)F)cc(C(F)(F)F)c2)n1. The summed E-state index contributed by atoms with van der Waals surface area (Å²) >= 11 is 0. The number of hydrogen-bond donors (Lipinski definition) is 3. The van der Waals surface area contributed by atoms with E-state index >= 15 is 0 Å². The maximum Gasteiger partial charge on any atom is 0.416 e. The van der Waals surface area contributed by atoms with E-state index in [-0.39, 0.29) is 24.1 Å². The first kappa shape index (κ1) is 44.6. The first-order valence-corrected chi connectivity index (χ1v) is 17.2. The van der Waals surface area contributed by atoms with E-state index in [9.17, 15) is 35.9 Å². The minimum absolute atomic E-state index is 0.00910. The third-order valence-corrected chi connectivity index (χ3v) is 7.53. The van der Waals surface area contributed by atoms with E-state index < -0.39 is 40.8 Å². The van der Waals surface area contributed by atoms with E-state index in [1.807, 2.05) is 39.8 Å². The number of halogens is 6. The van der Waals surface area contributed by atoms with Crippen LogP contribution in [-0.2, 0) is 21.9 Å². The van der Waals surface area contributed by atoms with Gasteiger partial charge in [0.25, 0.3) is 0 Å². The summed E-state index contributed by atoms with van der Waals surface area (Å²) in [7, 11) is 0. The number of aryl methyl sites for hydroxylation is 2. The Morgan fingerprint density at radius 1 is 0.695 bits per heavy atom. The fraction of sp³-hybridized carbons (Fsp3) is 0.211. The summed E-state index contributed by atoms with van der Waals surface area (Å²) in [5.74, 6) is -1.35. The fourth-order valence-electron chi connectivity index (χ4n) is 4.85. The number of benzene rings is 2. The van der Waals surface area contributed by atoms with Crippen molar-refractivity contribution in [1.29, 1.82) is 0 Å². The van der Waals surface area contributed by atoms with Crippen LogP contribution in [0.2, 0.25) is 0 Å². The highest BCUT2D eigenvalue weighted by molar-refractivity contribution is 5.90. The first-order chi connectivity index (χ1) is 27.8. The molecule has 6 rings (SSSR count). The highest BCUT2D eigenvalue weighted by Crippen LogP contribution is 2.38. The largest absolute Gasteiger partial charge is 0.478 e. The quantitative estimate of drug-likeness (QED) is 0.103. The summed E-state index contributed by atoms with van der Waals surface area (Å²) in [5, 5.41) is 19.3. The van der Waals surface area contributed by atoms with Crippen molar-refractivity contribution in [3.63, 3.8) is 0 Å². The van der Waals surface area contributed by atoms with Crippen molar-refractivity contribution in [3.05, 3.63) is 132 Å². The van der Waals surface area contributed by atoms with Crippen molar-refractivity contribution in [2.45, 2.75) is 52.1 Å². The molecule has 2 unspecified atom stereocenters. The summed E-state index contributed by atoms with van der Waals surface area (Å²) in [6.07, 6.45) is 6.88. The van der Waals surface area contributed by atoms with Gasteiger partial charge in [-0.1, -0.05) is 17.2 Å². The smallest absolute Gasteiger partial charge is 0.416 e. The van der Waals surface area contributed by atoms with Gasteiger partial charge in [0.15, 0.2) is 11.6 Å². The Labute approximate surface area is 332 Å². The molecule has 2 atom stereocenters. The van der Waals surface area contributed by atoms with Gasteiger partial charge in [0.2, 0.25) is 5.91 Å². The molecule has 0 bridgehead atoms. The van der Waals surface area contributed by atoms with E-state index in [0.717, 1.165) is 39.6 Å². The average Bonchev–Trinajstić information content (AvgIpc) is 3.87. The average molecular weight is 823 g/mol. The van der Waals surface area contributed by atoms with Gasteiger partial charge in [-0.05, 0) is 58.0 Å². The third kappa shape index (κ3) is 14.1. The van der Waals surface area contributed by atoms with E-state index in [1.165, 1.54) is 10.8 Å². The molecule has 0 radical (unpaired) electrons. The number of carbonyl (C=O) groups is 2. The normalized spacial score (nSPS) is 12.6. The molecule has 0 saturated carbocycles. The monoisotopic (exact) mass is 822 g/mol. The number of rotatable bonds is 9. The molecule has 0 fully saturated rings. The summed E-state index contributed by atoms with van der Waals surface area (Å²) in [6.45, 7) is 7.80. The van der Waals surface area contributed by atoms with Crippen LogP contribution < -0.4 is 11.1 Å². The van der Waals surface area contributed by atoms with Crippen LogP contribution >= 0.6 is 0 Å². The van der Waals surface area contributed by atoms with Gasteiger partial charge in [0.05, 0.1) is 34.8 Å². The van der Waals surface area contributed by atoms with Crippen LogP contribution in [0.5, 0.6) is 0 Å². The van der Waals surface area contributed by atoms with Gasteiger partial charge in [0, 0.05) is 72.7 Å². The standard InChI is InChI=1S/C19H20N6O.C13H7F6N3O2.C6H9N3/c1-13-8-14(2)10-16(9-13)19-22-12-25(24-19)7-4-18(26)23-15(3)17-11-20-5-6-21-17;14-12(15,16)8-3-7(4-9(5-8)13(17,18)19)11-20-6-22(21-11)2-1-10(23)24;1-5(7)6-4-8-2-3-9-6/h4-12,15H,1-3H3,(H,23,26);1-6H,(H,23,24);2-5H,7H2,1H3/b7-4-;2-1-;. The Bertz CT molecular complexity index is 2330. The fourth-order valence-corrected chi connectivity index (χ4v) is 4.85. The number of carboxylic acids is 1. The van der Waals surface area contributed by atoms with E-state index in [4.69, 9.17) is 10.8 Å². The van der Waals surface area contributed by atoms with Gasteiger partial charge in [-0.25, -0.2) is 24.1 Å². The lowest BCUT2D eigenvalue weighted by Gasteiger charge is -2.13. The maximum atomic E-state index is 12.8. The Balaban J connectivity index is 0.000000216. The van der Waals surface area contributed by atoms with Crippen molar-refractivity contribution < 1.29 is 41.0 Å². The summed E-state index contributed by atoms with van der Waals surface area (Å²) < 4.78 is 79.0. The molecule has 0 spiro atoms. The summed E-state index contributed by atoms with van der Waals surface area (Å²) in [4.78, 5) is 46.3.